The molecule has 0 amide bonds. The summed E-state index contributed by atoms with van der Waals surface area (Å²) in [5.74, 6) is 0. The van der Waals surface area contributed by atoms with E-state index >= 15 is 0 Å². The predicted octanol–water partition coefficient (Wildman–Crippen LogP) is 3.36. The topological polar surface area (TPSA) is 47.0 Å². The van der Waals surface area contributed by atoms with Crippen LogP contribution in [0.5, 0.6) is 0 Å². The number of rotatable bonds is 1. The van der Waals surface area contributed by atoms with Gasteiger partial charge in [-0.1, -0.05) is 24.6 Å². The molecule has 21 heavy (non-hydrogen) atoms. The molecular weight excluding hydrogens is 282 g/mol. The van der Waals surface area contributed by atoms with Crippen molar-refractivity contribution in [3.05, 3.63) is 48.2 Å². The van der Waals surface area contributed by atoms with Gasteiger partial charge in [0.15, 0.2) is 9.84 Å². The molecule has 0 aliphatic carbocycles. The fourth-order valence-corrected chi connectivity index (χ4v) is 5.80. The monoisotopic (exact) mass is 299 g/mol. The van der Waals surface area contributed by atoms with Gasteiger partial charge in [0.25, 0.3) is 0 Å². The van der Waals surface area contributed by atoms with E-state index in [2.05, 4.69) is 17.1 Å². The molecule has 2 aliphatic rings. The maximum absolute atomic E-state index is 12.3. The summed E-state index contributed by atoms with van der Waals surface area (Å²) in [5.41, 5.74) is 3.30. The maximum atomic E-state index is 12.3. The predicted molar refractivity (Wildman–Crippen MR) is 84.7 cm³/mol. The second kappa shape index (κ2) is 4.67. The van der Waals surface area contributed by atoms with Crippen molar-refractivity contribution in [1.29, 1.82) is 0 Å². The van der Waals surface area contributed by atoms with Crippen molar-refractivity contribution in [2.45, 2.75) is 36.2 Å². The Hall–Kier alpha value is -1.68. The van der Waals surface area contributed by atoms with Crippen LogP contribution < -0.4 is 0 Å². The lowest BCUT2D eigenvalue weighted by molar-refractivity contribution is 0.518. The van der Waals surface area contributed by atoms with Gasteiger partial charge in [0.05, 0.1) is 16.0 Å². The third-order valence-electron chi connectivity index (χ3n) is 4.71. The van der Waals surface area contributed by atoms with Crippen LogP contribution >= 0.6 is 0 Å². The average molecular weight is 299 g/mol. The first-order chi connectivity index (χ1) is 10.1. The van der Waals surface area contributed by atoms with Crippen LogP contribution in [0.3, 0.4) is 0 Å². The molecule has 2 bridgehead atoms. The van der Waals surface area contributed by atoms with Crippen molar-refractivity contribution in [2.75, 3.05) is 0 Å². The van der Waals surface area contributed by atoms with E-state index in [-0.39, 0.29) is 10.5 Å². The molecule has 2 aliphatic heterocycles. The molecule has 4 rings (SSSR count). The summed E-state index contributed by atoms with van der Waals surface area (Å²) >= 11 is 0. The maximum Gasteiger partial charge on any atom is 0.159 e. The number of aromatic nitrogens is 1. The molecule has 0 spiro atoms. The van der Waals surface area contributed by atoms with E-state index in [1.807, 2.05) is 24.3 Å². The first-order valence-electron chi connectivity index (χ1n) is 7.43. The lowest BCUT2D eigenvalue weighted by Gasteiger charge is -2.33. The van der Waals surface area contributed by atoms with Gasteiger partial charge in [-0.2, -0.15) is 0 Å². The minimum atomic E-state index is -2.94. The lowest BCUT2D eigenvalue weighted by Crippen LogP contribution is -2.38. The molecule has 0 N–H and O–H groups in total. The van der Waals surface area contributed by atoms with Crippen LogP contribution in [-0.2, 0) is 9.84 Å². The molecule has 2 atom stereocenters. The van der Waals surface area contributed by atoms with Crippen molar-refractivity contribution in [2.24, 2.45) is 0 Å². The summed E-state index contributed by atoms with van der Waals surface area (Å²) in [6, 6.07) is 10.2. The summed E-state index contributed by atoms with van der Waals surface area (Å²) in [7, 11) is -2.94. The van der Waals surface area contributed by atoms with E-state index in [1.165, 1.54) is 5.57 Å². The smallest absolute Gasteiger partial charge is 0.159 e. The van der Waals surface area contributed by atoms with Gasteiger partial charge in [0.2, 0.25) is 0 Å². The molecule has 108 valence electrons. The zero-order chi connectivity index (χ0) is 14.4. The number of hydrogen-bond donors (Lipinski definition) is 0. The highest BCUT2D eigenvalue weighted by molar-refractivity contribution is 7.93. The van der Waals surface area contributed by atoms with Gasteiger partial charge in [-0.25, -0.2) is 8.42 Å². The minimum absolute atomic E-state index is 0.180. The zero-order valence-electron chi connectivity index (χ0n) is 11.7. The summed E-state index contributed by atoms with van der Waals surface area (Å²) < 4.78 is 24.7. The summed E-state index contributed by atoms with van der Waals surface area (Å²) in [6.07, 6.45) is 7.05. The van der Waals surface area contributed by atoms with Crippen molar-refractivity contribution in [3.8, 4) is 0 Å². The number of benzene rings is 1. The van der Waals surface area contributed by atoms with E-state index in [9.17, 15) is 8.42 Å². The molecule has 2 aromatic rings. The van der Waals surface area contributed by atoms with Crippen LogP contribution in [-0.4, -0.2) is 23.9 Å². The Morgan fingerprint density at radius 2 is 2.05 bits per heavy atom. The quantitative estimate of drug-likeness (QED) is 0.811. The molecule has 2 unspecified atom stereocenters. The van der Waals surface area contributed by atoms with Gasteiger partial charge in [-0.05, 0) is 48.6 Å². The third kappa shape index (κ3) is 2.09. The molecule has 0 saturated carbocycles. The standard InChI is InChI=1S/C17H17NO2S/c19-21(20)15-4-1-5-16(21)11-14(10-15)12-6-7-17-13(9-12)3-2-8-18-17/h2-3,6-10,15-16H,1,4-5,11H2. The number of pyridine rings is 1. The van der Waals surface area contributed by atoms with E-state index in [4.69, 9.17) is 0 Å². The Morgan fingerprint density at radius 3 is 2.90 bits per heavy atom. The first-order valence-corrected chi connectivity index (χ1v) is 9.04. The largest absolute Gasteiger partial charge is 0.256 e. The second-order valence-corrected chi connectivity index (χ2v) is 8.44. The molecule has 0 radical (unpaired) electrons. The van der Waals surface area contributed by atoms with Crippen LogP contribution in [0.4, 0.5) is 0 Å². The molecule has 1 aromatic carbocycles. The number of allylic oxidation sites excluding steroid dienone is 1. The lowest BCUT2D eigenvalue weighted by atomic mass is 9.92. The molecule has 4 heteroatoms. The first kappa shape index (κ1) is 13.0. The van der Waals surface area contributed by atoms with Crippen LogP contribution in [0, 0.1) is 0 Å². The van der Waals surface area contributed by atoms with Crippen molar-refractivity contribution in [1.82, 2.24) is 4.98 Å². The highest BCUT2D eigenvalue weighted by Crippen LogP contribution is 2.39. The number of hydrogen-bond acceptors (Lipinski definition) is 3. The van der Waals surface area contributed by atoms with Crippen molar-refractivity contribution < 1.29 is 8.42 Å². The molecule has 3 nitrogen and oxygen atoms in total. The Kier molecular flexibility index (Phi) is 2.89. The normalized spacial score (nSPS) is 27.3. The summed E-state index contributed by atoms with van der Waals surface area (Å²) in [5, 5.41) is 0.653. The Labute approximate surface area is 124 Å². The second-order valence-electron chi connectivity index (χ2n) is 5.99. The van der Waals surface area contributed by atoms with Crippen molar-refractivity contribution in [3.63, 3.8) is 0 Å². The van der Waals surface area contributed by atoms with Gasteiger partial charge >= 0.3 is 0 Å². The highest BCUT2D eigenvalue weighted by atomic mass is 32.2. The zero-order valence-corrected chi connectivity index (χ0v) is 12.5. The number of fused-ring (bicyclic) bond motifs is 3. The Morgan fingerprint density at radius 1 is 1.14 bits per heavy atom. The van der Waals surface area contributed by atoms with Crippen LogP contribution in [0.2, 0.25) is 0 Å². The molecule has 1 aromatic heterocycles. The Bertz CT molecular complexity index is 839. The van der Waals surface area contributed by atoms with Crippen LogP contribution in [0.15, 0.2) is 42.6 Å². The van der Waals surface area contributed by atoms with Crippen LogP contribution in [0.25, 0.3) is 16.5 Å². The van der Waals surface area contributed by atoms with Gasteiger partial charge < -0.3 is 0 Å². The SMILES string of the molecule is O=S1(=O)C2C=C(c3ccc4ncccc4c3)CC1CCC2. The summed E-state index contributed by atoms with van der Waals surface area (Å²) in [4.78, 5) is 4.33. The van der Waals surface area contributed by atoms with Crippen LogP contribution in [0.1, 0.15) is 31.2 Å². The number of nitrogens with zero attached hydrogens (tertiary/aromatic N) is 1. The minimum Gasteiger partial charge on any atom is -0.256 e. The third-order valence-corrected chi connectivity index (χ3v) is 7.26. The fraction of sp³-hybridized carbons (Fsp3) is 0.353. The molecular formula is C17H17NO2S. The summed E-state index contributed by atoms with van der Waals surface area (Å²) in [6.45, 7) is 0. The average Bonchev–Trinajstić information content (AvgIpc) is 2.45. The van der Waals surface area contributed by atoms with Gasteiger partial charge in [0.1, 0.15) is 0 Å². The fourth-order valence-electron chi connectivity index (χ4n) is 3.55. The van der Waals surface area contributed by atoms with E-state index in [0.29, 0.717) is 6.42 Å². The number of sulfone groups is 1. The van der Waals surface area contributed by atoms with Gasteiger partial charge in [-0.15, -0.1) is 0 Å². The van der Waals surface area contributed by atoms with E-state index in [0.717, 1.165) is 35.7 Å². The molecule has 3 heterocycles. The highest BCUT2D eigenvalue weighted by Gasteiger charge is 2.40. The molecule has 1 saturated heterocycles. The van der Waals surface area contributed by atoms with Gasteiger partial charge in [-0.3, -0.25) is 4.98 Å². The van der Waals surface area contributed by atoms with E-state index < -0.39 is 9.84 Å². The van der Waals surface area contributed by atoms with Crippen molar-refractivity contribution >= 4 is 26.3 Å². The Balaban J connectivity index is 1.80. The van der Waals surface area contributed by atoms with Gasteiger partial charge in [0, 0.05) is 11.6 Å². The van der Waals surface area contributed by atoms with E-state index in [1.54, 1.807) is 6.20 Å². The molecule has 1 fully saturated rings.